The number of amides is 1. The highest BCUT2D eigenvalue weighted by atomic mass is 32.2. The summed E-state index contributed by atoms with van der Waals surface area (Å²) in [6.07, 6.45) is 13.1. The smallest absolute Gasteiger partial charge is 0.260 e. The van der Waals surface area contributed by atoms with Crippen molar-refractivity contribution >= 4 is 33.1 Å². The van der Waals surface area contributed by atoms with Crippen molar-refractivity contribution in [3.05, 3.63) is 53.2 Å². The van der Waals surface area contributed by atoms with Crippen LogP contribution in [-0.2, 0) is 18.0 Å². The summed E-state index contributed by atoms with van der Waals surface area (Å²) in [7, 11) is 0.484. The number of nitrogens with one attached hydrogen (secondary N) is 3. The van der Waals surface area contributed by atoms with Gasteiger partial charge in [0.15, 0.2) is 0 Å². The third-order valence-corrected chi connectivity index (χ3v) is 9.12. The van der Waals surface area contributed by atoms with Crippen molar-refractivity contribution in [2.45, 2.75) is 45.2 Å². The van der Waals surface area contributed by atoms with Gasteiger partial charge >= 0.3 is 0 Å². The van der Waals surface area contributed by atoms with Crippen LogP contribution < -0.4 is 15.4 Å². The number of hydrogen-bond acceptors (Lipinski definition) is 7. The molecular formula is C24H32N8O2S2. The van der Waals surface area contributed by atoms with Crippen LogP contribution in [0.5, 0.6) is 0 Å². The third-order valence-electron chi connectivity index (χ3n) is 6.83. The molecule has 1 amide bonds. The van der Waals surface area contributed by atoms with Gasteiger partial charge in [-0.3, -0.25) is 14.4 Å². The molecule has 10 nitrogen and oxygen atoms in total. The summed E-state index contributed by atoms with van der Waals surface area (Å²) in [6, 6.07) is -0.125. The van der Waals surface area contributed by atoms with Gasteiger partial charge in [0.25, 0.3) is 5.91 Å². The van der Waals surface area contributed by atoms with Crippen molar-refractivity contribution in [2.75, 3.05) is 19.6 Å². The maximum Gasteiger partial charge on any atom is 0.260 e. The number of fused-ring (bicyclic) bond motifs is 1. The molecule has 2 aliphatic heterocycles. The summed E-state index contributed by atoms with van der Waals surface area (Å²) in [5.74, 6) is -0.249. The van der Waals surface area contributed by atoms with Crippen LogP contribution in [-0.4, -0.2) is 65.6 Å². The normalized spacial score (nSPS) is 20.7. The number of nitrogens with zero attached hydrogens (tertiary/aromatic N) is 5. The van der Waals surface area contributed by atoms with Crippen LogP contribution in [0.1, 0.15) is 44.0 Å². The molecule has 3 aromatic heterocycles. The first-order valence-corrected chi connectivity index (χ1v) is 14.0. The maximum atomic E-state index is 13.2. The van der Waals surface area contributed by atoms with E-state index in [1.54, 1.807) is 33.9 Å². The Hall–Kier alpha value is -2.80. The molecule has 0 aromatic carbocycles. The average Bonchev–Trinajstić information content (AvgIpc) is 3.59. The molecule has 5 heterocycles. The fourth-order valence-corrected chi connectivity index (χ4v) is 6.51. The summed E-state index contributed by atoms with van der Waals surface area (Å²) < 4.78 is 19.5. The van der Waals surface area contributed by atoms with Crippen LogP contribution in [0.3, 0.4) is 0 Å². The van der Waals surface area contributed by atoms with Crippen molar-refractivity contribution in [3.8, 4) is 10.4 Å². The topological polar surface area (TPSA) is 109 Å². The van der Waals surface area contributed by atoms with Gasteiger partial charge in [-0.05, 0) is 46.2 Å². The molecule has 192 valence electrons. The molecule has 0 aliphatic carbocycles. The van der Waals surface area contributed by atoms with Crippen LogP contribution in [0.25, 0.3) is 15.3 Å². The summed E-state index contributed by atoms with van der Waals surface area (Å²) >= 11 is 1.49. The number of likely N-dealkylation sites (tertiary alicyclic amines) is 1. The largest absolute Gasteiger partial charge is 0.382 e. The van der Waals surface area contributed by atoms with Crippen molar-refractivity contribution in [3.63, 3.8) is 0 Å². The number of carbonyl (C=O) groups excluding carboxylic acids is 1. The fraction of sp³-hybridized carbons (Fsp3) is 0.458. The Bertz CT molecular complexity index is 1370. The van der Waals surface area contributed by atoms with E-state index >= 15 is 0 Å². The lowest BCUT2D eigenvalue weighted by molar-refractivity contribution is 0.0965. The summed E-state index contributed by atoms with van der Waals surface area (Å²) in [6.45, 7) is 9.02. The predicted octanol–water partition coefficient (Wildman–Crippen LogP) is 2.37. The summed E-state index contributed by atoms with van der Waals surface area (Å²) in [5, 5.41) is 14.8. The Morgan fingerprint density at radius 1 is 1.31 bits per heavy atom. The van der Waals surface area contributed by atoms with Gasteiger partial charge in [0.05, 0.1) is 33.8 Å². The van der Waals surface area contributed by atoms with Crippen LogP contribution in [0.2, 0.25) is 0 Å². The van der Waals surface area contributed by atoms with E-state index in [4.69, 9.17) is 0 Å². The maximum absolute atomic E-state index is 13.2. The van der Waals surface area contributed by atoms with Crippen molar-refractivity contribution < 1.29 is 9.00 Å². The second-order valence-corrected chi connectivity index (χ2v) is 12.2. The molecule has 1 saturated heterocycles. The molecule has 12 heteroatoms. The molecule has 2 unspecified atom stereocenters. The highest BCUT2D eigenvalue weighted by Crippen LogP contribution is 2.30. The highest BCUT2D eigenvalue weighted by molar-refractivity contribution is 7.87. The van der Waals surface area contributed by atoms with E-state index in [2.05, 4.69) is 44.3 Å². The van der Waals surface area contributed by atoms with Crippen LogP contribution in [0, 0.1) is 0 Å². The number of thiazole rings is 1. The lowest BCUT2D eigenvalue weighted by Gasteiger charge is -2.31. The Balaban J connectivity index is 1.24. The minimum absolute atomic E-state index is 0.125. The van der Waals surface area contributed by atoms with E-state index in [9.17, 15) is 9.00 Å². The number of allylic oxidation sites excluding steroid dienone is 1. The van der Waals surface area contributed by atoms with Crippen LogP contribution >= 0.6 is 11.3 Å². The second-order valence-electron chi connectivity index (χ2n) is 9.86. The van der Waals surface area contributed by atoms with E-state index < -0.39 is 11.0 Å². The minimum atomic E-state index is -1.38. The van der Waals surface area contributed by atoms with Crippen molar-refractivity contribution in [2.24, 2.45) is 7.05 Å². The molecule has 1 fully saturated rings. The van der Waals surface area contributed by atoms with Crippen molar-refractivity contribution in [1.29, 1.82) is 0 Å². The second kappa shape index (κ2) is 9.92. The number of dihydropyridines is 1. The SMILES string of the molecule is CC1NC=C(S(=O)NCCN2CCCC2(C)C)C=C1NC(=O)c1cnn2cc(-c3cnn(C)c3)sc12. The molecule has 0 saturated carbocycles. The van der Waals surface area contributed by atoms with Gasteiger partial charge in [-0.25, -0.2) is 13.4 Å². The number of aromatic nitrogens is 4. The number of carbonyl (C=O) groups is 1. The first-order valence-electron chi connectivity index (χ1n) is 12.1. The minimum Gasteiger partial charge on any atom is -0.382 e. The van der Waals surface area contributed by atoms with Crippen molar-refractivity contribution in [1.82, 2.24) is 39.7 Å². The Labute approximate surface area is 217 Å². The zero-order valence-electron chi connectivity index (χ0n) is 20.9. The van der Waals surface area contributed by atoms with E-state index in [1.165, 1.54) is 24.2 Å². The monoisotopic (exact) mass is 528 g/mol. The third kappa shape index (κ3) is 5.03. The zero-order chi connectivity index (χ0) is 25.4. The van der Waals surface area contributed by atoms with Gasteiger partial charge in [-0.2, -0.15) is 10.2 Å². The number of rotatable bonds is 8. The Kier molecular flexibility index (Phi) is 6.86. The van der Waals surface area contributed by atoms with E-state index in [-0.39, 0.29) is 17.5 Å². The lowest BCUT2D eigenvalue weighted by atomic mass is 10.0. The Morgan fingerprint density at radius 2 is 2.14 bits per heavy atom. The molecule has 2 atom stereocenters. The highest BCUT2D eigenvalue weighted by Gasteiger charge is 2.31. The first-order chi connectivity index (χ1) is 17.2. The first kappa shape index (κ1) is 24.9. The molecule has 36 heavy (non-hydrogen) atoms. The van der Waals surface area contributed by atoms with Gasteiger partial charge < -0.3 is 10.6 Å². The van der Waals surface area contributed by atoms with Gasteiger partial charge in [0.1, 0.15) is 15.8 Å². The lowest BCUT2D eigenvalue weighted by Crippen LogP contribution is -2.42. The van der Waals surface area contributed by atoms with E-state index in [1.807, 2.05) is 26.4 Å². The van der Waals surface area contributed by atoms with Gasteiger partial charge in [-0.15, -0.1) is 11.3 Å². The van der Waals surface area contributed by atoms with Gasteiger partial charge in [-0.1, -0.05) is 0 Å². The predicted molar refractivity (Wildman–Crippen MR) is 143 cm³/mol. The van der Waals surface area contributed by atoms with E-state index in [0.717, 1.165) is 28.4 Å². The van der Waals surface area contributed by atoms with Crippen LogP contribution in [0.15, 0.2) is 47.7 Å². The molecule has 2 aliphatic rings. The molecule has 5 rings (SSSR count). The number of aryl methyl sites for hydroxylation is 1. The summed E-state index contributed by atoms with van der Waals surface area (Å²) in [4.78, 5) is 18.0. The molecule has 3 N–H and O–H groups in total. The molecule has 0 bridgehead atoms. The molecule has 0 radical (unpaired) electrons. The molecular weight excluding hydrogens is 496 g/mol. The quantitative estimate of drug-likeness (QED) is 0.414. The standard InChI is InChI=1S/C24H32N8O2S2/c1-16-20(10-18(12-25-16)36(34)28-7-9-31-8-5-6-24(31,2)3)29-22(33)19-13-27-32-15-21(35-23(19)32)17-11-26-30(4)14-17/h10-16,25,28H,5-9H2,1-4H3,(H,29,33). The van der Waals surface area contributed by atoms with E-state index in [0.29, 0.717) is 22.7 Å². The molecule has 3 aromatic rings. The molecule has 0 spiro atoms. The summed E-state index contributed by atoms with van der Waals surface area (Å²) in [5.41, 5.74) is 2.33. The van der Waals surface area contributed by atoms with Crippen LogP contribution in [0.4, 0.5) is 0 Å². The van der Waals surface area contributed by atoms with Gasteiger partial charge in [0.2, 0.25) is 0 Å². The van der Waals surface area contributed by atoms with Gasteiger partial charge in [0, 0.05) is 55.5 Å². The fourth-order valence-electron chi connectivity index (χ4n) is 4.63. The Morgan fingerprint density at radius 3 is 2.86 bits per heavy atom. The zero-order valence-corrected chi connectivity index (χ0v) is 22.6. The average molecular weight is 529 g/mol. The number of hydrogen-bond donors (Lipinski definition) is 3.